The Hall–Kier alpha value is -1.26. The second-order valence-corrected chi connectivity index (χ2v) is 17.6. The smallest absolute Gasteiger partial charge is 0.332 e. The van der Waals surface area contributed by atoms with Crippen molar-refractivity contribution in [1.82, 2.24) is 10.6 Å². The Labute approximate surface area is 360 Å². The van der Waals surface area contributed by atoms with Gasteiger partial charge in [-0.25, -0.2) is 4.79 Å². The topological polar surface area (TPSA) is 155 Å². The third-order valence-electron chi connectivity index (χ3n) is 11.9. The predicted octanol–water partition coefficient (Wildman–Crippen LogP) is 11.3. The van der Waals surface area contributed by atoms with Crippen LogP contribution in [0.1, 0.15) is 245 Å². The quantitative estimate of drug-likeness (QED) is 0.0300. The summed E-state index contributed by atoms with van der Waals surface area (Å²) in [5.74, 6) is -0.915. The van der Waals surface area contributed by atoms with E-state index in [4.69, 9.17) is 26.7 Å². The highest BCUT2D eigenvalue weighted by atomic mass is 16.6. The monoisotopic (exact) mass is 824 g/mol. The van der Waals surface area contributed by atoms with Gasteiger partial charge in [-0.1, -0.05) is 219 Å². The molecule has 0 heterocycles. The van der Waals surface area contributed by atoms with Crippen LogP contribution in [0.25, 0.3) is 0 Å². The Kier molecular flexibility index (Phi) is 44.3. The average molecular weight is 824 g/mol. The molecule has 8 N–H and O–H groups in total. The van der Waals surface area contributed by atoms with Crippen LogP contribution < -0.4 is 27.8 Å². The molecular formula is C49H101N5O4. The number of hydrogen-bond acceptors (Lipinski definition) is 8. The number of amides is 1. The van der Waals surface area contributed by atoms with Crippen molar-refractivity contribution < 1.29 is 19.1 Å². The van der Waals surface area contributed by atoms with Crippen molar-refractivity contribution in [3.63, 3.8) is 0 Å². The van der Waals surface area contributed by atoms with E-state index in [1.165, 1.54) is 167 Å². The highest BCUT2D eigenvalue weighted by Crippen LogP contribution is 2.28. The molecule has 1 amide bonds. The van der Waals surface area contributed by atoms with Gasteiger partial charge < -0.3 is 37.3 Å². The Morgan fingerprint density at radius 1 is 0.466 bits per heavy atom. The van der Waals surface area contributed by atoms with E-state index in [0.29, 0.717) is 39.0 Å². The normalized spacial score (nSPS) is 11.9. The van der Waals surface area contributed by atoms with E-state index in [0.717, 1.165) is 64.5 Å². The lowest BCUT2D eigenvalue weighted by atomic mass is 9.88. The lowest BCUT2D eigenvalue weighted by Crippen LogP contribution is -2.48. The Morgan fingerprint density at radius 3 is 1.03 bits per heavy atom. The molecule has 0 spiro atoms. The first-order valence-electron chi connectivity index (χ1n) is 25.4. The van der Waals surface area contributed by atoms with Crippen LogP contribution in [0.3, 0.4) is 0 Å². The number of carbonyl (C=O) groups is 2. The lowest BCUT2D eigenvalue weighted by molar-refractivity contribution is -0.167. The fourth-order valence-corrected chi connectivity index (χ4v) is 8.06. The third-order valence-corrected chi connectivity index (χ3v) is 11.9. The third kappa shape index (κ3) is 37.7. The van der Waals surface area contributed by atoms with Gasteiger partial charge in [-0.05, 0) is 51.9 Å². The van der Waals surface area contributed by atoms with Gasteiger partial charge in [-0.15, -0.1) is 0 Å². The van der Waals surface area contributed by atoms with Crippen molar-refractivity contribution in [2.45, 2.75) is 257 Å². The van der Waals surface area contributed by atoms with Gasteiger partial charge in [0.2, 0.25) is 5.91 Å². The van der Waals surface area contributed by atoms with E-state index in [9.17, 15) is 9.59 Å². The number of primary amides is 1. The number of carbonyl (C=O) groups excluding carboxylic acids is 2. The van der Waals surface area contributed by atoms with Crippen molar-refractivity contribution in [3.8, 4) is 0 Å². The minimum atomic E-state index is -1.14. The van der Waals surface area contributed by atoms with Crippen LogP contribution in [-0.2, 0) is 19.1 Å². The number of nitrogens with two attached hydrogens (primary N) is 3. The van der Waals surface area contributed by atoms with Gasteiger partial charge in [-0.2, -0.15) is 0 Å². The molecule has 0 aromatic heterocycles. The number of esters is 1. The predicted molar refractivity (Wildman–Crippen MR) is 249 cm³/mol. The molecule has 0 aliphatic heterocycles. The maximum Gasteiger partial charge on any atom is 0.332 e. The minimum absolute atomic E-state index is 0.275. The summed E-state index contributed by atoms with van der Waals surface area (Å²) in [7, 11) is 0. The molecule has 0 unspecified atom stereocenters. The molecule has 0 aromatic carbocycles. The summed E-state index contributed by atoms with van der Waals surface area (Å²) in [6, 6.07) is 0. The largest absolute Gasteiger partial charge is 0.458 e. The number of nitrogens with one attached hydrogen (secondary N) is 2. The van der Waals surface area contributed by atoms with Gasteiger partial charge in [-0.3, -0.25) is 4.79 Å². The maximum absolute atomic E-state index is 13.2. The van der Waals surface area contributed by atoms with Crippen LogP contribution in [-0.4, -0.2) is 69.5 Å². The highest BCUT2D eigenvalue weighted by molar-refractivity contribution is 5.84. The van der Waals surface area contributed by atoms with Gasteiger partial charge in [0.25, 0.3) is 0 Å². The zero-order chi connectivity index (χ0) is 42.5. The first-order valence-corrected chi connectivity index (χ1v) is 25.4. The molecular weight excluding hydrogens is 723 g/mol. The Bertz CT molecular complexity index is 815. The van der Waals surface area contributed by atoms with Crippen molar-refractivity contribution >= 4 is 11.9 Å². The summed E-state index contributed by atoms with van der Waals surface area (Å²) < 4.78 is 12.1. The minimum Gasteiger partial charge on any atom is -0.458 e. The van der Waals surface area contributed by atoms with Crippen molar-refractivity contribution in [2.75, 3.05) is 45.9 Å². The van der Waals surface area contributed by atoms with E-state index < -0.39 is 17.5 Å². The molecule has 346 valence electrons. The summed E-state index contributed by atoms with van der Waals surface area (Å²) >= 11 is 0. The van der Waals surface area contributed by atoms with Crippen LogP contribution in [0.5, 0.6) is 0 Å². The fraction of sp³-hybridized carbons (Fsp3) is 0.959. The first-order chi connectivity index (χ1) is 28.5. The zero-order valence-corrected chi connectivity index (χ0v) is 38.8. The molecule has 0 rings (SSSR count). The van der Waals surface area contributed by atoms with Crippen LogP contribution in [0, 0.1) is 0 Å². The second kappa shape index (κ2) is 45.3. The molecule has 0 fully saturated rings. The number of unbranched alkanes of at least 4 members (excludes halogenated alkanes) is 30. The van der Waals surface area contributed by atoms with E-state index in [1.54, 1.807) is 0 Å². The van der Waals surface area contributed by atoms with Crippen LogP contribution in [0.4, 0.5) is 0 Å². The van der Waals surface area contributed by atoms with E-state index >= 15 is 0 Å². The molecule has 0 atom stereocenters. The van der Waals surface area contributed by atoms with Gasteiger partial charge in [0.1, 0.15) is 18.3 Å². The van der Waals surface area contributed by atoms with Gasteiger partial charge in [0.15, 0.2) is 0 Å². The summed E-state index contributed by atoms with van der Waals surface area (Å²) in [5.41, 5.74) is 16.3. The van der Waals surface area contributed by atoms with Crippen LogP contribution >= 0.6 is 0 Å². The van der Waals surface area contributed by atoms with Crippen molar-refractivity contribution in [1.29, 1.82) is 0 Å². The second-order valence-electron chi connectivity index (χ2n) is 17.6. The highest BCUT2D eigenvalue weighted by Gasteiger charge is 2.37. The maximum atomic E-state index is 13.2. The lowest BCUT2D eigenvalue weighted by Gasteiger charge is -2.31. The SMILES string of the molecule is CCCCCCCCCCCCCCCCCCC(CCCCCCCCCCCCCCCCCC)(OCC(=O)OC(CNCCCN)CNCCCN)C(N)=O. The molecule has 0 aromatic rings. The van der Waals surface area contributed by atoms with E-state index in [1.807, 2.05) is 0 Å². The Balaban J connectivity index is 4.78. The molecule has 0 radical (unpaired) electrons. The number of ether oxygens (including phenoxy) is 2. The van der Waals surface area contributed by atoms with E-state index in [2.05, 4.69) is 24.5 Å². The molecule has 0 saturated heterocycles. The van der Waals surface area contributed by atoms with Crippen molar-refractivity contribution in [2.24, 2.45) is 17.2 Å². The van der Waals surface area contributed by atoms with E-state index in [-0.39, 0.29) is 12.7 Å². The fourth-order valence-electron chi connectivity index (χ4n) is 8.06. The average Bonchev–Trinajstić information content (AvgIpc) is 3.22. The zero-order valence-electron chi connectivity index (χ0n) is 38.8. The Morgan fingerprint density at radius 2 is 0.759 bits per heavy atom. The summed E-state index contributed by atoms with van der Waals surface area (Å²) in [5, 5.41) is 6.66. The van der Waals surface area contributed by atoms with Crippen LogP contribution in [0.2, 0.25) is 0 Å². The molecule has 9 nitrogen and oxygen atoms in total. The summed E-state index contributed by atoms with van der Waals surface area (Å²) in [4.78, 5) is 26.3. The molecule has 0 aliphatic rings. The molecule has 0 saturated carbocycles. The van der Waals surface area contributed by atoms with Crippen LogP contribution in [0.15, 0.2) is 0 Å². The first kappa shape index (κ1) is 56.7. The van der Waals surface area contributed by atoms with Gasteiger partial charge in [0, 0.05) is 13.1 Å². The molecule has 58 heavy (non-hydrogen) atoms. The summed E-state index contributed by atoms with van der Waals surface area (Å²) in [6.07, 6.45) is 43.9. The number of rotatable bonds is 49. The standard InChI is InChI=1S/C49H101N5O4/c1-3-5-7-9-11-13-15-17-19-21-23-25-27-29-31-33-37-49(48(52)56,38-34-32-30-28-26-24-22-20-18-16-14-12-10-8-6-4-2)57-45-47(55)58-46(43-53-41-35-39-50)44-54-42-36-40-51/h46,53-54H,3-45,50-51H2,1-2H3,(H2,52,56). The van der Waals surface area contributed by atoms with Gasteiger partial charge >= 0.3 is 5.97 Å². The molecule has 9 heteroatoms. The summed E-state index contributed by atoms with van der Waals surface area (Å²) in [6.45, 7) is 8.04. The van der Waals surface area contributed by atoms with Crippen molar-refractivity contribution in [3.05, 3.63) is 0 Å². The molecule has 0 aliphatic carbocycles. The molecule has 0 bridgehead atoms. The van der Waals surface area contributed by atoms with Gasteiger partial charge in [0.05, 0.1) is 0 Å². The number of hydrogen-bond donors (Lipinski definition) is 5.